The van der Waals surface area contributed by atoms with Gasteiger partial charge in [0.05, 0.1) is 5.56 Å². The Morgan fingerprint density at radius 1 is 1.14 bits per heavy atom. The maximum absolute atomic E-state index is 11.8. The van der Waals surface area contributed by atoms with Gasteiger partial charge in [-0.2, -0.15) is 0 Å². The van der Waals surface area contributed by atoms with Gasteiger partial charge in [0.1, 0.15) is 5.69 Å². The van der Waals surface area contributed by atoms with Gasteiger partial charge in [-0.15, -0.1) is 0 Å². The molecule has 0 aliphatic carbocycles. The molecule has 0 unspecified atom stereocenters. The highest BCUT2D eigenvalue weighted by atomic mass is 16.5. The Morgan fingerprint density at radius 3 is 2.52 bits per heavy atom. The largest absolute Gasteiger partial charge is 0.367 e. The number of hydrogen-bond donors (Lipinski definition) is 1. The third-order valence-electron chi connectivity index (χ3n) is 3.44. The summed E-state index contributed by atoms with van der Waals surface area (Å²) in [7, 11) is 1.70. The van der Waals surface area contributed by atoms with Crippen molar-refractivity contribution in [2.45, 2.75) is 6.92 Å². The lowest BCUT2D eigenvalue weighted by Crippen LogP contribution is -2.14. The molecule has 0 fully saturated rings. The van der Waals surface area contributed by atoms with E-state index in [1.54, 1.807) is 13.2 Å². The standard InChI is InChI=1S/C16H15N3O2/c1-10-3-5-11(6-4-10)14-15(18-21-16(14)17)12-7-8-19(2)13(20)9-12/h3-9H,17H2,1-2H3. The monoisotopic (exact) mass is 281 g/mol. The molecule has 0 amide bonds. The zero-order valence-electron chi connectivity index (χ0n) is 11.8. The average Bonchev–Trinajstić information content (AvgIpc) is 2.85. The normalized spacial score (nSPS) is 10.8. The van der Waals surface area contributed by atoms with Crippen molar-refractivity contribution in [2.75, 3.05) is 5.73 Å². The molecule has 1 aromatic carbocycles. The van der Waals surface area contributed by atoms with Crippen molar-refractivity contribution < 1.29 is 4.52 Å². The van der Waals surface area contributed by atoms with Crippen LogP contribution >= 0.6 is 0 Å². The number of nitrogens with zero attached hydrogens (tertiary/aromatic N) is 2. The summed E-state index contributed by atoms with van der Waals surface area (Å²) in [6.07, 6.45) is 1.70. The summed E-state index contributed by atoms with van der Waals surface area (Å²) in [4.78, 5) is 11.8. The Bertz CT molecular complexity index is 845. The van der Waals surface area contributed by atoms with Gasteiger partial charge in [-0.1, -0.05) is 35.0 Å². The molecule has 21 heavy (non-hydrogen) atoms. The number of pyridine rings is 1. The minimum Gasteiger partial charge on any atom is -0.367 e. The molecule has 0 radical (unpaired) electrons. The van der Waals surface area contributed by atoms with E-state index >= 15 is 0 Å². The third kappa shape index (κ3) is 2.33. The van der Waals surface area contributed by atoms with Crippen molar-refractivity contribution in [3.05, 3.63) is 58.5 Å². The van der Waals surface area contributed by atoms with Crippen molar-refractivity contribution in [3.8, 4) is 22.4 Å². The molecule has 0 aliphatic heterocycles. The summed E-state index contributed by atoms with van der Waals surface area (Å²) in [6.45, 7) is 2.02. The highest BCUT2D eigenvalue weighted by Crippen LogP contribution is 2.35. The van der Waals surface area contributed by atoms with Crippen LogP contribution in [0.1, 0.15) is 5.56 Å². The first kappa shape index (κ1) is 13.2. The minimum atomic E-state index is -0.107. The second-order valence-corrected chi connectivity index (χ2v) is 5.00. The Labute approximate surface area is 121 Å². The van der Waals surface area contributed by atoms with E-state index in [9.17, 15) is 4.79 Å². The highest BCUT2D eigenvalue weighted by molar-refractivity contribution is 5.86. The molecule has 0 saturated carbocycles. The Balaban J connectivity index is 2.18. The van der Waals surface area contributed by atoms with E-state index in [1.165, 1.54) is 10.6 Å². The molecule has 0 spiro atoms. The number of aromatic nitrogens is 2. The summed E-state index contributed by atoms with van der Waals surface area (Å²) >= 11 is 0. The predicted molar refractivity (Wildman–Crippen MR) is 81.8 cm³/mol. The molecule has 2 N–H and O–H groups in total. The van der Waals surface area contributed by atoms with E-state index in [-0.39, 0.29) is 11.4 Å². The summed E-state index contributed by atoms with van der Waals surface area (Å²) in [5.74, 6) is 0.245. The maximum atomic E-state index is 11.8. The van der Waals surface area contributed by atoms with Crippen LogP contribution in [-0.4, -0.2) is 9.72 Å². The van der Waals surface area contributed by atoms with Crippen LogP contribution in [0.4, 0.5) is 5.88 Å². The number of anilines is 1. The molecule has 2 heterocycles. The summed E-state index contributed by atoms with van der Waals surface area (Å²) in [5, 5.41) is 4.01. The lowest BCUT2D eigenvalue weighted by atomic mass is 10.0. The van der Waals surface area contributed by atoms with Crippen LogP contribution in [0.5, 0.6) is 0 Å². The molecule has 2 aromatic heterocycles. The van der Waals surface area contributed by atoms with E-state index in [4.69, 9.17) is 10.3 Å². The first-order chi connectivity index (χ1) is 10.1. The topological polar surface area (TPSA) is 74.0 Å². The van der Waals surface area contributed by atoms with E-state index in [0.717, 1.165) is 11.1 Å². The molecule has 5 nitrogen and oxygen atoms in total. The van der Waals surface area contributed by atoms with Crippen LogP contribution in [0.3, 0.4) is 0 Å². The molecule has 3 aromatic rings. The maximum Gasteiger partial charge on any atom is 0.250 e. The quantitative estimate of drug-likeness (QED) is 0.783. The predicted octanol–water partition coefficient (Wildman–Crippen LogP) is 2.60. The summed E-state index contributed by atoms with van der Waals surface area (Å²) in [5.41, 5.74) is 9.84. The van der Waals surface area contributed by atoms with E-state index in [1.807, 2.05) is 37.3 Å². The Hall–Kier alpha value is -2.82. The third-order valence-corrected chi connectivity index (χ3v) is 3.44. The van der Waals surface area contributed by atoms with Crippen molar-refractivity contribution in [1.82, 2.24) is 9.72 Å². The second-order valence-electron chi connectivity index (χ2n) is 5.00. The van der Waals surface area contributed by atoms with Crippen molar-refractivity contribution in [2.24, 2.45) is 7.05 Å². The van der Waals surface area contributed by atoms with Crippen molar-refractivity contribution >= 4 is 5.88 Å². The first-order valence-corrected chi connectivity index (χ1v) is 6.55. The number of rotatable bonds is 2. The van der Waals surface area contributed by atoms with Gasteiger partial charge in [0, 0.05) is 24.9 Å². The van der Waals surface area contributed by atoms with E-state index in [2.05, 4.69) is 5.16 Å². The van der Waals surface area contributed by atoms with Gasteiger partial charge in [-0.05, 0) is 18.6 Å². The van der Waals surface area contributed by atoms with Crippen LogP contribution in [-0.2, 0) is 7.05 Å². The molecule has 0 saturated heterocycles. The molecule has 0 aliphatic rings. The Morgan fingerprint density at radius 2 is 1.86 bits per heavy atom. The van der Waals surface area contributed by atoms with Crippen LogP contribution in [0.25, 0.3) is 22.4 Å². The van der Waals surface area contributed by atoms with Crippen molar-refractivity contribution in [3.63, 3.8) is 0 Å². The fourth-order valence-electron chi connectivity index (χ4n) is 2.19. The van der Waals surface area contributed by atoms with Crippen molar-refractivity contribution in [1.29, 1.82) is 0 Å². The van der Waals surface area contributed by atoms with Gasteiger partial charge in [-0.25, -0.2) is 0 Å². The zero-order valence-corrected chi connectivity index (χ0v) is 11.8. The van der Waals surface area contributed by atoms with Gasteiger partial charge in [-0.3, -0.25) is 4.79 Å². The molecule has 106 valence electrons. The lowest BCUT2D eigenvalue weighted by molar-refractivity contribution is 0.439. The fourth-order valence-corrected chi connectivity index (χ4v) is 2.19. The average molecular weight is 281 g/mol. The molecular formula is C16H15N3O2. The highest BCUT2D eigenvalue weighted by Gasteiger charge is 2.17. The van der Waals surface area contributed by atoms with Crippen LogP contribution in [0.15, 0.2) is 51.9 Å². The van der Waals surface area contributed by atoms with Crippen LogP contribution in [0, 0.1) is 6.92 Å². The van der Waals surface area contributed by atoms with Gasteiger partial charge in [0.15, 0.2) is 0 Å². The van der Waals surface area contributed by atoms with Gasteiger partial charge in [0.25, 0.3) is 5.56 Å². The summed E-state index contributed by atoms with van der Waals surface area (Å²) < 4.78 is 6.62. The number of nitrogens with two attached hydrogens (primary N) is 1. The lowest BCUT2D eigenvalue weighted by Gasteiger charge is -2.04. The zero-order chi connectivity index (χ0) is 15.0. The van der Waals surface area contributed by atoms with Gasteiger partial charge < -0.3 is 14.8 Å². The molecule has 3 rings (SSSR count). The van der Waals surface area contributed by atoms with Gasteiger partial charge in [0.2, 0.25) is 5.88 Å². The molecule has 5 heteroatoms. The van der Waals surface area contributed by atoms with Crippen LogP contribution < -0.4 is 11.3 Å². The number of nitrogen functional groups attached to an aromatic ring is 1. The number of aryl methyl sites for hydroxylation is 2. The second kappa shape index (κ2) is 4.94. The minimum absolute atomic E-state index is 0.107. The number of benzene rings is 1. The number of hydrogen-bond acceptors (Lipinski definition) is 4. The first-order valence-electron chi connectivity index (χ1n) is 6.55. The molecule has 0 bridgehead atoms. The van der Waals surface area contributed by atoms with E-state index in [0.29, 0.717) is 16.8 Å². The molecule has 0 atom stereocenters. The molecular weight excluding hydrogens is 266 g/mol. The SMILES string of the molecule is Cc1ccc(-c2c(-c3ccn(C)c(=O)c3)noc2N)cc1. The Kier molecular flexibility index (Phi) is 3.10. The summed E-state index contributed by atoms with van der Waals surface area (Å²) in [6, 6.07) is 11.3. The smallest absolute Gasteiger partial charge is 0.250 e. The van der Waals surface area contributed by atoms with Gasteiger partial charge >= 0.3 is 0 Å². The van der Waals surface area contributed by atoms with Crippen LogP contribution in [0.2, 0.25) is 0 Å². The fraction of sp³-hybridized carbons (Fsp3) is 0.125. The van der Waals surface area contributed by atoms with E-state index < -0.39 is 0 Å².